The molecule has 0 fully saturated rings. The van der Waals surface area contributed by atoms with Crippen LogP contribution in [-0.4, -0.2) is 25.4 Å². The lowest BCUT2D eigenvalue weighted by molar-refractivity contribution is -0.0594. The Labute approximate surface area is 130 Å². The minimum Gasteiger partial charge on any atom is -0.487 e. The van der Waals surface area contributed by atoms with Gasteiger partial charge in [0.25, 0.3) is 0 Å². The first kappa shape index (κ1) is 15.8. The van der Waals surface area contributed by atoms with Gasteiger partial charge in [-0.3, -0.25) is 0 Å². The van der Waals surface area contributed by atoms with Gasteiger partial charge in [0.1, 0.15) is 11.4 Å². The maximum absolute atomic E-state index is 6.32. The van der Waals surface area contributed by atoms with E-state index in [0.29, 0.717) is 6.04 Å². The van der Waals surface area contributed by atoms with E-state index in [1.807, 2.05) is 7.05 Å². The fraction of sp³-hybridized carbons (Fsp3) is 0.625. The topological polar surface area (TPSA) is 30.5 Å². The molecule has 1 aliphatic rings. The van der Waals surface area contributed by atoms with Crippen LogP contribution in [0.25, 0.3) is 0 Å². The van der Waals surface area contributed by atoms with Crippen molar-refractivity contribution in [1.29, 1.82) is 0 Å². The van der Waals surface area contributed by atoms with Gasteiger partial charge in [0.15, 0.2) is 0 Å². The van der Waals surface area contributed by atoms with Crippen LogP contribution in [0.1, 0.15) is 45.2 Å². The summed E-state index contributed by atoms with van der Waals surface area (Å²) < 4.78 is 12.9. The Hall–Kier alpha value is -0.580. The second kappa shape index (κ2) is 5.66. The molecule has 112 valence electrons. The Bertz CT molecular complexity index is 489. The molecule has 1 aliphatic heterocycles. The van der Waals surface area contributed by atoms with Crippen LogP contribution in [0.4, 0.5) is 0 Å². The summed E-state index contributed by atoms with van der Waals surface area (Å²) in [5.74, 6) is 0.958. The van der Waals surface area contributed by atoms with Crippen molar-refractivity contribution >= 4 is 15.9 Å². The summed E-state index contributed by atoms with van der Waals surface area (Å²) in [7, 11) is 3.76. The first-order valence-electron chi connectivity index (χ1n) is 6.99. The lowest BCUT2D eigenvalue weighted by Gasteiger charge is -2.43. The van der Waals surface area contributed by atoms with E-state index in [0.717, 1.165) is 23.1 Å². The third-order valence-electron chi connectivity index (χ3n) is 4.04. The van der Waals surface area contributed by atoms with E-state index in [1.165, 1.54) is 5.56 Å². The van der Waals surface area contributed by atoms with Crippen LogP contribution in [0.3, 0.4) is 0 Å². The number of methoxy groups -OCH3 is 1. The summed E-state index contributed by atoms with van der Waals surface area (Å²) in [5, 5.41) is 3.40. The standard InChI is InChI=1S/C16H24BrNO2/c1-15(2,19-5)10-16(3)9-13(18-4)12-7-6-11(17)8-14(12)20-16/h6-8,13,18H,9-10H2,1-5H3. The maximum Gasteiger partial charge on any atom is 0.126 e. The molecule has 2 atom stereocenters. The van der Waals surface area contributed by atoms with Crippen LogP contribution < -0.4 is 10.1 Å². The Kier molecular flexibility index (Phi) is 4.47. The molecule has 2 unspecified atom stereocenters. The van der Waals surface area contributed by atoms with Crippen molar-refractivity contribution in [3.63, 3.8) is 0 Å². The number of hydrogen-bond acceptors (Lipinski definition) is 3. The van der Waals surface area contributed by atoms with Crippen molar-refractivity contribution in [1.82, 2.24) is 5.32 Å². The van der Waals surface area contributed by atoms with E-state index >= 15 is 0 Å². The molecule has 0 aliphatic carbocycles. The molecule has 0 amide bonds. The smallest absolute Gasteiger partial charge is 0.126 e. The van der Waals surface area contributed by atoms with Crippen molar-refractivity contribution < 1.29 is 9.47 Å². The molecule has 1 aromatic carbocycles. The van der Waals surface area contributed by atoms with Crippen molar-refractivity contribution in [2.75, 3.05) is 14.2 Å². The summed E-state index contributed by atoms with van der Waals surface area (Å²) in [6.07, 6.45) is 1.78. The summed E-state index contributed by atoms with van der Waals surface area (Å²) >= 11 is 3.52. The van der Waals surface area contributed by atoms with Gasteiger partial charge in [0.2, 0.25) is 0 Å². The minimum atomic E-state index is -0.235. The monoisotopic (exact) mass is 341 g/mol. The summed E-state index contributed by atoms with van der Waals surface area (Å²) in [6, 6.07) is 6.55. The Balaban J connectivity index is 2.32. The molecule has 2 rings (SSSR count). The molecule has 1 aromatic rings. The molecule has 1 heterocycles. The molecule has 20 heavy (non-hydrogen) atoms. The van der Waals surface area contributed by atoms with Gasteiger partial charge in [-0.1, -0.05) is 22.0 Å². The van der Waals surface area contributed by atoms with Crippen LogP contribution >= 0.6 is 15.9 Å². The maximum atomic E-state index is 6.32. The lowest BCUT2D eigenvalue weighted by Crippen LogP contribution is -2.46. The van der Waals surface area contributed by atoms with Gasteiger partial charge >= 0.3 is 0 Å². The summed E-state index contributed by atoms with van der Waals surface area (Å²) in [5.41, 5.74) is 0.792. The highest BCUT2D eigenvalue weighted by molar-refractivity contribution is 9.10. The number of ether oxygens (including phenoxy) is 2. The van der Waals surface area contributed by atoms with E-state index in [2.05, 4.69) is 60.2 Å². The quantitative estimate of drug-likeness (QED) is 0.895. The highest BCUT2D eigenvalue weighted by atomic mass is 79.9. The third kappa shape index (κ3) is 3.35. The molecule has 0 saturated heterocycles. The number of rotatable bonds is 4. The first-order valence-corrected chi connectivity index (χ1v) is 7.79. The van der Waals surface area contributed by atoms with Gasteiger partial charge in [0, 0.05) is 36.0 Å². The Morgan fingerprint density at radius 3 is 2.80 bits per heavy atom. The number of fused-ring (bicyclic) bond motifs is 1. The van der Waals surface area contributed by atoms with Crippen LogP contribution in [0.5, 0.6) is 5.75 Å². The molecule has 0 spiro atoms. The highest BCUT2D eigenvalue weighted by Crippen LogP contribution is 2.43. The molecule has 4 heteroatoms. The van der Waals surface area contributed by atoms with Gasteiger partial charge in [-0.05, 0) is 40.0 Å². The van der Waals surface area contributed by atoms with Crippen molar-refractivity contribution in [3.05, 3.63) is 28.2 Å². The summed E-state index contributed by atoms with van der Waals surface area (Å²) in [4.78, 5) is 0. The normalized spacial score (nSPS) is 26.0. The molecular weight excluding hydrogens is 318 g/mol. The van der Waals surface area contributed by atoms with Crippen LogP contribution in [0.15, 0.2) is 22.7 Å². The van der Waals surface area contributed by atoms with E-state index in [1.54, 1.807) is 7.11 Å². The minimum absolute atomic E-state index is 0.198. The van der Waals surface area contributed by atoms with Crippen molar-refractivity contribution in [3.8, 4) is 5.75 Å². The number of halogens is 1. The van der Waals surface area contributed by atoms with Gasteiger partial charge < -0.3 is 14.8 Å². The van der Waals surface area contributed by atoms with E-state index in [-0.39, 0.29) is 11.2 Å². The summed E-state index contributed by atoms with van der Waals surface area (Å²) in [6.45, 7) is 6.38. The molecule has 1 N–H and O–H groups in total. The molecule has 0 aromatic heterocycles. The first-order chi connectivity index (χ1) is 9.28. The second-order valence-electron chi connectivity index (χ2n) is 6.42. The molecule has 0 radical (unpaired) electrons. The van der Waals surface area contributed by atoms with Gasteiger partial charge in [-0.25, -0.2) is 0 Å². The molecule has 3 nitrogen and oxygen atoms in total. The van der Waals surface area contributed by atoms with E-state index < -0.39 is 0 Å². The van der Waals surface area contributed by atoms with Crippen LogP contribution in [0.2, 0.25) is 0 Å². The largest absolute Gasteiger partial charge is 0.487 e. The zero-order valence-electron chi connectivity index (χ0n) is 12.9. The van der Waals surface area contributed by atoms with E-state index in [4.69, 9.17) is 9.47 Å². The number of nitrogens with one attached hydrogen (secondary N) is 1. The fourth-order valence-corrected chi connectivity index (χ4v) is 3.41. The second-order valence-corrected chi connectivity index (χ2v) is 7.34. The molecular formula is C16H24BrNO2. The zero-order chi connectivity index (χ0) is 15.0. The lowest BCUT2D eigenvalue weighted by atomic mass is 9.81. The zero-order valence-corrected chi connectivity index (χ0v) is 14.5. The number of benzene rings is 1. The van der Waals surface area contributed by atoms with Gasteiger partial charge in [-0.15, -0.1) is 0 Å². The molecule has 0 bridgehead atoms. The third-order valence-corrected chi connectivity index (χ3v) is 4.54. The van der Waals surface area contributed by atoms with Crippen LogP contribution in [-0.2, 0) is 4.74 Å². The average molecular weight is 342 g/mol. The van der Waals surface area contributed by atoms with Gasteiger partial charge in [0.05, 0.1) is 5.60 Å². The predicted octanol–water partition coefficient (Wildman–Crippen LogP) is 4.07. The molecule has 0 saturated carbocycles. The van der Waals surface area contributed by atoms with Crippen molar-refractivity contribution in [2.45, 2.75) is 50.9 Å². The Morgan fingerprint density at radius 2 is 2.20 bits per heavy atom. The number of hydrogen-bond donors (Lipinski definition) is 1. The highest BCUT2D eigenvalue weighted by Gasteiger charge is 2.40. The van der Waals surface area contributed by atoms with Crippen molar-refractivity contribution in [2.24, 2.45) is 0 Å². The Morgan fingerprint density at radius 1 is 1.50 bits per heavy atom. The van der Waals surface area contributed by atoms with Gasteiger partial charge in [-0.2, -0.15) is 0 Å². The predicted molar refractivity (Wildman–Crippen MR) is 85.3 cm³/mol. The van der Waals surface area contributed by atoms with Crippen LogP contribution in [0, 0.1) is 0 Å². The fourth-order valence-electron chi connectivity index (χ4n) is 3.07. The SMILES string of the molecule is CNC1CC(C)(CC(C)(C)OC)Oc2cc(Br)ccc21. The average Bonchev–Trinajstić information content (AvgIpc) is 2.36. The van der Waals surface area contributed by atoms with E-state index in [9.17, 15) is 0 Å².